The van der Waals surface area contributed by atoms with Gasteiger partial charge in [0.15, 0.2) is 0 Å². The average molecular weight is 285 g/mol. The van der Waals surface area contributed by atoms with Crippen LogP contribution in [0, 0.1) is 0 Å². The lowest BCUT2D eigenvalue weighted by Gasteiger charge is -2.08. The van der Waals surface area contributed by atoms with Gasteiger partial charge in [-0.1, -0.05) is 48.5 Å². The molecule has 0 N–H and O–H groups in total. The van der Waals surface area contributed by atoms with E-state index in [1.807, 2.05) is 18.3 Å². The van der Waals surface area contributed by atoms with Gasteiger partial charge in [0.25, 0.3) is 0 Å². The second-order valence-corrected chi connectivity index (χ2v) is 5.31. The lowest BCUT2D eigenvalue weighted by Crippen LogP contribution is -1.88. The molecule has 2 nitrogen and oxygen atoms in total. The summed E-state index contributed by atoms with van der Waals surface area (Å²) < 4.78 is 5.39. The molecule has 3 aromatic carbocycles. The van der Waals surface area contributed by atoms with Crippen molar-refractivity contribution in [3.8, 4) is 17.0 Å². The average Bonchev–Trinajstić information content (AvgIpc) is 2.60. The highest BCUT2D eigenvalue weighted by Crippen LogP contribution is 2.29. The SMILES string of the molecule is COc1cccc2cc(-c3ccc4ccccc4c3)ncc12. The standard InChI is InChI=1S/C20H15NO/c1-22-20-8-4-7-16-12-19(21-13-18(16)20)17-10-9-14-5-2-3-6-15(14)11-17/h2-13H,1H3. The van der Waals surface area contributed by atoms with E-state index in [9.17, 15) is 0 Å². The Balaban J connectivity index is 1.88. The first-order valence-electron chi connectivity index (χ1n) is 7.27. The molecule has 1 aromatic heterocycles. The van der Waals surface area contributed by atoms with Gasteiger partial charge < -0.3 is 4.74 Å². The first-order chi connectivity index (χ1) is 10.8. The first kappa shape index (κ1) is 12.8. The fourth-order valence-electron chi connectivity index (χ4n) is 2.83. The minimum absolute atomic E-state index is 0.857. The quantitative estimate of drug-likeness (QED) is 0.513. The highest BCUT2D eigenvalue weighted by Gasteiger charge is 2.05. The summed E-state index contributed by atoms with van der Waals surface area (Å²) in [5, 5.41) is 4.65. The Morgan fingerprint density at radius 1 is 0.773 bits per heavy atom. The second kappa shape index (κ2) is 5.15. The van der Waals surface area contributed by atoms with E-state index >= 15 is 0 Å². The number of rotatable bonds is 2. The molecule has 0 saturated heterocycles. The van der Waals surface area contributed by atoms with E-state index < -0.39 is 0 Å². The fraction of sp³-hybridized carbons (Fsp3) is 0.0500. The van der Waals surface area contributed by atoms with Crippen molar-refractivity contribution in [1.82, 2.24) is 4.98 Å². The van der Waals surface area contributed by atoms with Crippen LogP contribution in [0.2, 0.25) is 0 Å². The molecule has 0 saturated carbocycles. The van der Waals surface area contributed by atoms with Crippen molar-refractivity contribution in [2.75, 3.05) is 7.11 Å². The Hall–Kier alpha value is -2.87. The summed E-state index contributed by atoms with van der Waals surface area (Å²) in [5.41, 5.74) is 2.11. The molecule has 2 heteroatoms. The van der Waals surface area contributed by atoms with Gasteiger partial charge in [-0.25, -0.2) is 0 Å². The molecular formula is C20H15NO. The minimum Gasteiger partial charge on any atom is -0.496 e. The van der Waals surface area contributed by atoms with Crippen LogP contribution < -0.4 is 4.74 Å². The molecule has 0 atom stereocenters. The van der Waals surface area contributed by atoms with Gasteiger partial charge in [-0.2, -0.15) is 0 Å². The van der Waals surface area contributed by atoms with Crippen molar-refractivity contribution >= 4 is 21.5 Å². The van der Waals surface area contributed by atoms with Crippen LogP contribution >= 0.6 is 0 Å². The van der Waals surface area contributed by atoms with Gasteiger partial charge >= 0.3 is 0 Å². The third kappa shape index (κ3) is 2.09. The van der Waals surface area contributed by atoms with Gasteiger partial charge in [0.1, 0.15) is 5.75 Å². The zero-order valence-electron chi connectivity index (χ0n) is 12.3. The molecule has 0 aliphatic rings. The van der Waals surface area contributed by atoms with Gasteiger partial charge in [0.05, 0.1) is 12.8 Å². The lowest BCUT2D eigenvalue weighted by molar-refractivity contribution is 0.419. The van der Waals surface area contributed by atoms with E-state index in [0.29, 0.717) is 0 Å². The molecule has 0 fully saturated rings. The summed E-state index contributed by atoms with van der Waals surface area (Å²) in [6.45, 7) is 0. The first-order valence-corrected chi connectivity index (χ1v) is 7.27. The van der Waals surface area contributed by atoms with Crippen molar-refractivity contribution in [3.05, 3.63) is 72.9 Å². The zero-order chi connectivity index (χ0) is 14.9. The number of benzene rings is 3. The highest BCUT2D eigenvalue weighted by atomic mass is 16.5. The molecule has 0 aliphatic carbocycles. The Labute approximate surface area is 129 Å². The number of hydrogen-bond acceptors (Lipinski definition) is 2. The maximum absolute atomic E-state index is 5.39. The van der Waals surface area contributed by atoms with E-state index in [1.54, 1.807) is 7.11 Å². The number of aromatic nitrogens is 1. The van der Waals surface area contributed by atoms with Crippen molar-refractivity contribution in [1.29, 1.82) is 0 Å². The van der Waals surface area contributed by atoms with Crippen LogP contribution in [-0.2, 0) is 0 Å². The van der Waals surface area contributed by atoms with Crippen molar-refractivity contribution in [2.24, 2.45) is 0 Å². The maximum atomic E-state index is 5.39. The third-order valence-corrected chi connectivity index (χ3v) is 3.99. The van der Waals surface area contributed by atoms with Crippen molar-refractivity contribution in [3.63, 3.8) is 0 Å². The van der Waals surface area contributed by atoms with Crippen molar-refractivity contribution < 1.29 is 4.74 Å². The summed E-state index contributed by atoms with van der Waals surface area (Å²) in [6.07, 6.45) is 1.89. The highest BCUT2D eigenvalue weighted by molar-refractivity contribution is 5.92. The predicted molar refractivity (Wildman–Crippen MR) is 91.2 cm³/mol. The molecule has 0 bridgehead atoms. The number of pyridine rings is 1. The van der Waals surface area contributed by atoms with Crippen LogP contribution in [0.4, 0.5) is 0 Å². The van der Waals surface area contributed by atoms with E-state index in [0.717, 1.165) is 27.8 Å². The third-order valence-electron chi connectivity index (χ3n) is 3.99. The molecule has 1 heterocycles. The largest absolute Gasteiger partial charge is 0.496 e. The second-order valence-electron chi connectivity index (χ2n) is 5.31. The summed E-state index contributed by atoms with van der Waals surface area (Å²) in [5.74, 6) is 0.857. The van der Waals surface area contributed by atoms with Crippen LogP contribution in [0.3, 0.4) is 0 Å². The predicted octanol–water partition coefficient (Wildman–Crippen LogP) is 5.06. The lowest BCUT2D eigenvalue weighted by atomic mass is 10.0. The number of methoxy groups -OCH3 is 1. The van der Waals surface area contributed by atoms with Gasteiger partial charge in [0, 0.05) is 17.1 Å². The van der Waals surface area contributed by atoms with E-state index in [1.165, 1.54) is 10.8 Å². The van der Waals surface area contributed by atoms with E-state index in [2.05, 4.69) is 59.6 Å². The van der Waals surface area contributed by atoms with Crippen LogP contribution in [0.15, 0.2) is 72.9 Å². The Morgan fingerprint density at radius 3 is 2.45 bits per heavy atom. The molecule has 0 radical (unpaired) electrons. The van der Waals surface area contributed by atoms with Crippen LogP contribution in [0.1, 0.15) is 0 Å². The molecule has 4 aromatic rings. The Kier molecular flexibility index (Phi) is 3.01. The number of fused-ring (bicyclic) bond motifs is 2. The summed E-state index contributed by atoms with van der Waals surface area (Å²) in [4.78, 5) is 4.61. The smallest absolute Gasteiger partial charge is 0.128 e. The number of hydrogen-bond donors (Lipinski definition) is 0. The zero-order valence-corrected chi connectivity index (χ0v) is 12.3. The Morgan fingerprint density at radius 2 is 1.59 bits per heavy atom. The monoisotopic (exact) mass is 285 g/mol. The molecule has 0 unspecified atom stereocenters. The number of ether oxygens (including phenoxy) is 1. The molecule has 0 amide bonds. The molecule has 0 spiro atoms. The van der Waals surface area contributed by atoms with E-state index in [4.69, 9.17) is 4.74 Å². The van der Waals surface area contributed by atoms with Gasteiger partial charge in [0.2, 0.25) is 0 Å². The van der Waals surface area contributed by atoms with Gasteiger partial charge in [-0.05, 0) is 34.4 Å². The van der Waals surface area contributed by atoms with Crippen molar-refractivity contribution in [2.45, 2.75) is 0 Å². The van der Waals surface area contributed by atoms with Gasteiger partial charge in [-0.15, -0.1) is 0 Å². The molecule has 22 heavy (non-hydrogen) atoms. The molecule has 4 rings (SSSR count). The minimum atomic E-state index is 0.857. The van der Waals surface area contributed by atoms with E-state index in [-0.39, 0.29) is 0 Å². The van der Waals surface area contributed by atoms with Crippen LogP contribution in [0.25, 0.3) is 32.8 Å². The summed E-state index contributed by atoms with van der Waals surface area (Å²) >= 11 is 0. The molecule has 106 valence electrons. The van der Waals surface area contributed by atoms with Crippen LogP contribution in [-0.4, -0.2) is 12.1 Å². The normalized spacial score (nSPS) is 11.0. The fourth-order valence-corrected chi connectivity index (χ4v) is 2.83. The molecule has 0 aliphatic heterocycles. The Bertz CT molecular complexity index is 975. The summed E-state index contributed by atoms with van der Waals surface area (Å²) in [7, 11) is 1.69. The molecular weight excluding hydrogens is 270 g/mol. The van der Waals surface area contributed by atoms with Gasteiger partial charge in [-0.3, -0.25) is 4.98 Å². The van der Waals surface area contributed by atoms with Crippen LogP contribution in [0.5, 0.6) is 5.75 Å². The topological polar surface area (TPSA) is 22.1 Å². The number of nitrogens with zero attached hydrogens (tertiary/aromatic N) is 1. The summed E-state index contributed by atoms with van der Waals surface area (Å²) in [6, 6.07) is 23.0. The maximum Gasteiger partial charge on any atom is 0.128 e.